The summed E-state index contributed by atoms with van der Waals surface area (Å²) in [6.45, 7) is -1.06. The monoisotopic (exact) mass is 292 g/mol. The molecule has 0 saturated carbocycles. The van der Waals surface area contributed by atoms with E-state index in [1.54, 1.807) is 6.92 Å². The minimum atomic E-state index is -3.11. The number of alkyl halides is 2. The Morgan fingerprint density at radius 3 is 2.65 bits per heavy atom. The molecule has 0 saturated heterocycles. The molecular formula is C12H15F3N2O3. The zero-order valence-corrected chi connectivity index (χ0v) is 11.0. The summed E-state index contributed by atoms with van der Waals surface area (Å²) < 4.78 is 46.1. The predicted molar refractivity (Wildman–Crippen MR) is 66.5 cm³/mol. The highest BCUT2D eigenvalue weighted by Gasteiger charge is 2.12. The quantitative estimate of drug-likeness (QED) is 0.847. The van der Waals surface area contributed by atoms with E-state index in [1.165, 1.54) is 13.2 Å². The molecule has 0 aliphatic heterocycles. The van der Waals surface area contributed by atoms with Crippen LogP contribution in [0.25, 0.3) is 0 Å². The van der Waals surface area contributed by atoms with E-state index < -0.39 is 24.2 Å². The van der Waals surface area contributed by atoms with Gasteiger partial charge >= 0.3 is 12.6 Å². The summed E-state index contributed by atoms with van der Waals surface area (Å²) in [7, 11) is 1.49. The van der Waals surface area contributed by atoms with Crippen LogP contribution in [0.3, 0.4) is 0 Å². The van der Waals surface area contributed by atoms with Gasteiger partial charge in [0.05, 0.1) is 12.6 Å². The van der Waals surface area contributed by atoms with Crippen LogP contribution in [0.2, 0.25) is 0 Å². The molecule has 2 N–H and O–H groups in total. The zero-order valence-electron chi connectivity index (χ0n) is 11.0. The van der Waals surface area contributed by atoms with Crippen molar-refractivity contribution in [1.29, 1.82) is 0 Å². The summed E-state index contributed by atoms with van der Waals surface area (Å²) in [6, 6.07) is 2.36. The average Bonchev–Trinajstić information content (AvgIpc) is 2.32. The van der Waals surface area contributed by atoms with Crippen LogP contribution in [0.15, 0.2) is 18.2 Å². The molecule has 1 aromatic carbocycles. The van der Waals surface area contributed by atoms with Crippen LogP contribution in [-0.4, -0.2) is 32.4 Å². The zero-order chi connectivity index (χ0) is 15.1. The SMILES string of the molecule is COCC(C)NC(=O)Nc1ccc(OC(F)F)c(F)c1. The largest absolute Gasteiger partial charge is 0.432 e. The third-order valence-corrected chi connectivity index (χ3v) is 2.20. The topological polar surface area (TPSA) is 59.6 Å². The molecule has 1 atom stereocenters. The van der Waals surface area contributed by atoms with Crippen molar-refractivity contribution in [2.75, 3.05) is 19.0 Å². The van der Waals surface area contributed by atoms with E-state index in [9.17, 15) is 18.0 Å². The van der Waals surface area contributed by atoms with Crippen molar-refractivity contribution >= 4 is 11.7 Å². The van der Waals surface area contributed by atoms with Gasteiger partial charge < -0.3 is 20.1 Å². The smallest absolute Gasteiger partial charge is 0.387 e. The Morgan fingerprint density at radius 1 is 1.40 bits per heavy atom. The summed E-state index contributed by atoms with van der Waals surface area (Å²) in [5.74, 6) is -1.58. The van der Waals surface area contributed by atoms with Gasteiger partial charge in [-0.15, -0.1) is 0 Å². The van der Waals surface area contributed by atoms with E-state index in [0.29, 0.717) is 6.61 Å². The molecule has 5 nitrogen and oxygen atoms in total. The van der Waals surface area contributed by atoms with Crippen LogP contribution in [0.1, 0.15) is 6.92 Å². The third-order valence-electron chi connectivity index (χ3n) is 2.20. The molecule has 0 fully saturated rings. The van der Waals surface area contributed by atoms with Crippen molar-refractivity contribution in [3.05, 3.63) is 24.0 Å². The van der Waals surface area contributed by atoms with Crippen LogP contribution < -0.4 is 15.4 Å². The predicted octanol–water partition coefficient (Wildman–Crippen LogP) is 2.58. The number of amides is 2. The van der Waals surface area contributed by atoms with Gasteiger partial charge in [0.1, 0.15) is 0 Å². The van der Waals surface area contributed by atoms with Gasteiger partial charge in [-0.2, -0.15) is 8.78 Å². The standard InChI is InChI=1S/C12H15F3N2O3/c1-7(6-19-2)16-12(18)17-8-3-4-10(9(13)5-8)20-11(14)15/h3-5,7,11H,6H2,1-2H3,(H2,16,17,18). The van der Waals surface area contributed by atoms with E-state index in [4.69, 9.17) is 4.74 Å². The van der Waals surface area contributed by atoms with Gasteiger partial charge in [-0.25, -0.2) is 9.18 Å². The first-order chi connectivity index (χ1) is 9.42. The minimum absolute atomic E-state index is 0.117. The lowest BCUT2D eigenvalue weighted by Crippen LogP contribution is -2.38. The molecule has 112 valence electrons. The van der Waals surface area contributed by atoms with Crippen molar-refractivity contribution in [3.63, 3.8) is 0 Å². The molecule has 0 radical (unpaired) electrons. The number of halogens is 3. The van der Waals surface area contributed by atoms with Gasteiger partial charge in [-0.1, -0.05) is 0 Å². The minimum Gasteiger partial charge on any atom is -0.432 e. The number of carbonyl (C=O) groups excluding carboxylic acids is 1. The molecule has 1 unspecified atom stereocenters. The maximum absolute atomic E-state index is 13.4. The summed E-state index contributed by atoms with van der Waals surface area (Å²) in [5, 5.41) is 4.91. The number of methoxy groups -OCH3 is 1. The highest BCUT2D eigenvalue weighted by molar-refractivity contribution is 5.89. The Bertz CT molecular complexity index is 458. The van der Waals surface area contributed by atoms with Crippen LogP contribution in [0.5, 0.6) is 5.75 Å². The van der Waals surface area contributed by atoms with E-state index >= 15 is 0 Å². The second kappa shape index (κ2) is 7.59. The molecule has 1 aromatic rings. The van der Waals surface area contributed by atoms with Crippen molar-refractivity contribution < 1.29 is 27.4 Å². The molecule has 8 heteroatoms. The molecular weight excluding hydrogens is 277 g/mol. The average molecular weight is 292 g/mol. The van der Waals surface area contributed by atoms with E-state index in [2.05, 4.69) is 15.4 Å². The van der Waals surface area contributed by atoms with E-state index in [1.807, 2.05) is 0 Å². The van der Waals surface area contributed by atoms with Crippen molar-refractivity contribution in [3.8, 4) is 5.75 Å². The fourth-order valence-corrected chi connectivity index (χ4v) is 1.45. The first-order valence-electron chi connectivity index (χ1n) is 5.73. The van der Waals surface area contributed by atoms with Crippen LogP contribution >= 0.6 is 0 Å². The third kappa shape index (κ3) is 5.35. The second-order valence-electron chi connectivity index (χ2n) is 3.98. The molecule has 0 aliphatic carbocycles. The number of rotatable bonds is 6. The van der Waals surface area contributed by atoms with Gasteiger partial charge in [0.25, 0.3) is 0 Å². The van der Waals surface area contributed by atoms with Gasteiger partial charge in [0.2, 0.25) is 0 Å². The van der Waals surface area contributed by atoms with E-state index in [-0.39, 0.29) is 11.7 Å². The lowest BCUT2D eigenvalue weighted by atomic mass is 10.3. The fourth-order valence-electron chi connectivity index (χ4n) is 1.45. The Hall–Kier alpha value is -1.96. The molecule has 0 heterocycles. The lowest BCUT2D eigenvalue weighted by molar-refractivity contribution is -0.0521. The summed E-state index contributed by atoms with van der Waals surface area (Å²) in [4.78, 5) is 11.5. The maximum atomic E-state index is 13.4. The maximum Gasteiger partial charge on any atom is 0.387 e. The van der Waals surface area contributed by atoms with Crippen LogP contribution in [0.4, 0.5) is 23.7 Å². The van der Waals surface area contributed by atoms with Gasteiger partial charge in [-0.3, -0.25) is 0 Å². The van der Waals surface area contributed by atoms with Gasteiger partial charge in [0.15, 0.2) is 11.6 Å². The Balaban J connectivity index is 2.60. The summed E-state index contributed by atoms with van der Waals surface area (Å²) in [6.07, 6.45) is 0. The Kier molecular flexibility index (Phi) is 6.10. The molecule has 0 bridgehead atoms. The highest BCUT2D eigenvalue weighted by Crippen LogP contribution is 2.22. The first-order valence-corrected chi connectivity index (χ1v) is 5.73. The Labute approximate surface area is 114 Å². The van der Waals surface area contributed by atoms with Crippen molar-refractivity contribution in [2.24, 2.45) is 0 Å². The number of hydrogen-bond donors (Lipinski definition) is 2. The molecule has 20 heavy (non-hydrogen) atoms. The first kappa shape index (κ1) is 16.1. The number of carbonyl (C=O) groups is 1. The summed E-state index contributed by atoms with van der Waals surface area (Å²) >= 11 is 0. The number of anilines is 1. The van der Waals surface area contributed by atoms with Gasteiger partial charge in [0, 0.05) is 18.9 Å². The van der Waals surface area contributed by atoms with Crippen LogP contribution in [-0.2, 0) is 4.74 Å². The summed E-state index contributed by atoms with van der Waals surface area (Å²) in [5.41, 5.74) is 0.117. The Morgan fingerprint density at radius 2 is 2.10 bits per heavy atom. The second-order valence-corrected chi connectivity index (χ2v) is 3.98. The normalized spacial score (nSPS) is 12.1. The number of hydrogen-bond acceptors (Lipinski definition) is 3. The molecule has 0 aromatic heterocycles. The van der Waals surface area contributed by atoms with Crippen molar-refractivity contribution in [1.82, 2.24) is 5.32 Å². The molecule has 1 rings (SSSR count). The lowest BCUT2D eigenvalue weighted by Gasteiger charge is -2.14. The fraction of sp³-hybridized carbons (Fsp3) is 0.417. The molecule has 0 spiro atoms. The van der Waals surface area contributed by atoms with Crippen LogP contribution in [0, 0.1) is 5.82 Å². The van der Waals surface area contributed by atoms with E-state index in [0.717, 1.165) is 12.1 Å². The number of urea groups is 1. The number of nitrogens with one attached hydrogen (secondary N) is 2. The molecule has 0 aliphatic rings. The molecule has 2 amide bonds. The number of ether oxygens (including phenoxy) is 2. The number of benzene rings is 1. The van der Waals surface area contributed by atoms with Crippen molar-refractivity contribution in [2.45, 2.75) is 19.6 Å². The highest BCUT2D eigenvalue weighted by atomic mass is 19.3. The van der Waals surface area contributed by atoms with Gasteiger partial charge in [-0.05, 0) is 19.1 Å².